The smallest absolute Gasteiger partial charge is 0.119 e. The third-order valence-electron chi connectivity index (χ3n) is 26.9. The van der Waals surface area contributed by atoms with Gasteiger partial charge >= 0.3 is 0 Å². The Kier molecular flexibility index (Phi) is 34.1. The lowest BCUT2D eigenvalue weighted by Gasteiger charge is -2.15. The van der Waals surface area contributed by atoms with Gasteiger partial charge in [-0.15, -0.1) is 0 Å². The minimum Gasteiger partial charge on any atom is -0.494 e. The highest BCUT2D eigenvalue weighted by Gasteiger charge is 2.14. The molecule has 0 atom stereocenters. The van der Waals surface area contributed by atoms with E-state index in [0.29, 0.717) is 79.3 Å². The number of rotatable bonds is 40. The van der Waals surface area contributed by atoms with E-state index in [-0.39, 0.29) is 0 Å². The Balaban J connectivity index is 0.676. The predicted molar refractivity (Wildman–Crippen MR) is 619 cm³/mol. The van der Waals surface area contributed by atoms with Crippen molar-refractivity contribution in [3.05, 3.63) is 508 Å². The molecule has 0 aliphatic heterocycles. The second-order valence-electron chi connectivity index (χ2n) is 37.1. The Bertz CT molecular complexity index is 7140. The molecule has 0 N–H and O–H groups in total. The number of nitrogens with zero attached hydrogens (tertiary/aromatic N) is 4. The zero-order chi connectivity index (χ0) is 101. The van der Waals surface area contributed by atoms with Crippen molar-refractivity contribution in [2.75, 3.05) is 52.9 Å². The number of benzene rings is 18. The minimum atomic E-state index is 0.493. The van der Waals surface area contributed by atoms with Crippen LogP contribution in [-0.2, 0) is 45.4 Å². The number of aromatic nitrogens is 4. The van der Waals surface area contributed by atoms with E-state index in [1.807, 2.05) is 121 Å². The first-order chi connectivity index (χ1) is 73.1. The van der Waals surface area contributed by atoms with Crippen molar-refractivity contribution in [2.45, 2.75) is 77.8 Å². The van der Waals surface area contributed by atoms with E-state index < -0.39 is 0 Å². The lowest BCUT2D eigenvalue weighted by Crippen LogP contribution is -2.02. The predicted octanol–water partition coefficient (Wildman–Crippen LogP) is 34.6. The van der Waals surface area contributed by atoms with Crippen molar-refractivity contribution in [3.8, 4) is 45.7 Å². The standard InChI is InChI=1S/C136H124N4O8/c1-5-101-31-79-133(80-32-101)145-91-13-9-87-141-97-105-23-63-121(64-24-105)137-125-71-55-117(56-72-125)113-47-39-109(40-48-113)110-41-51-115(52-42-110)119-59-75-127(76-60-119)139(123-67-27-107(28-68-123)99-143-89-11-15-93-147-135-83-35-103(7-3)36-84-135)131-21-18-22-132(96-131)140(124-69-29-108(30-70-124)100-144-90-12-16-94-148-136-85-37-104(8-4)38-86-136)128-77-61-120(62-78-128)116-53-45-112(46-54-116)111-43-49-114(50-44-111)118-57-73-126(74-58-118)138(130-20-17-19-129(137)95-130)122-65-25-106(26-66-122)98-142-88-10-14-92-146-134-81-33-102(6-2)34-82-134/h5-8,17-86,95-96H,1-4,9-16,87-94,97-100H2. The van der Waals surface area contributed by atoms with Crippen molar-refractivity contribution >= 4 is 133 Å². The van der Waals surface area contributed by atoms with E-state index in [4.69, 9.17) is 37.9 Å². The van der Waals surface area contributed by atoms with Crippen molar-refractivity contribution in [2.24, 2.45) is 0 Å². The van der Waals surface area contributed by atoms with Gasteiger partial charge in [0.05, 0.1) is 52.9 Å². The molecule has 12 heteroatoms. The van der Waals surface area contributed by atoms with Crippen LogP contribution in [0.1, 0.15) is 95.9 Å². The Morgan fingerprint density at radius 3 is 0.493 bits per heavy atom. The fourth-order valence-electron chi connectivity index (χ4n) is 18.5. The van der Waals surface area contributed by atoms with Gasteiger partial charge in [0.2, 0.25) is 0 Å². The van der Waals surface area contributed by atoms with Crippen LogP contribution in [0.3, 0.4) is 0 Å². The fraction of sp³-hybridized carbons (Fsp3) is 0.147. The molecular formula is C136H124N4O8. The molecule has 148 heavy (non-hydrogen) atoms. The number of hydrogen-bond donors (Lipinski definition) is 0. The van der Waals surface area contributed by atoms with Crippen LogP contribution in [0.5, 0.6) is 23.0 Å². The van der Waals surface area contributed by atoms with Crippen LogP contribution in [0.25, 0.3) is 156 Å². The molecule has 20 bridgehead atoms. The van der Waals surface area contributed by atoms with Gasteiger partial charge < -0.3 is 56.2 Å². The average Bonchev–Trinajstić information content (AvgIpc) is 0.780. The van der Waals surface area contributed by atoms with Gasteiger partial charge in [-0.3, -0.25) is 0 Å². The Morgan fingerprint density at radius 1 is 0.162 bits per heavy atom. The van der Waals surface area contributed by atoms with Crippen LogP contribution in [0.4, 0.5) is 0 Å². The van der Waals surface area contributed by atoms with E-state index >= 15 is 0 Å². The van der Waals surface area contributed by atoms with E-state index in [2.05, 4.69) is 384 Å². The van der Waals surface area contributed by atoms with Crippen LogP contribution in [-0.4, -0.2) is 71.1 Å². The quantitative estimate of drug-likeness (QED) is 0.0351. The normalized spacial score (nSPS) is 11.2. The Labute approximate surface area is 867 Å². The van der Waals surface area contributed by atoms with Crippen LogP contribution >= 0.6 is 0 Å². The number of hydrogen-bond acceptors (Lipinski definition) is 8. The maximum absolute atomic E-state index is 6.32. The van der Waals surface area contributed by atoms with E-state index in [9.17, 15) is 0 Å². The van der Waals surface area contributed by atoms with Gasteiger partial charge in [0.1, 0.15) is 23.0 Å². The molecule has 0 radical (unpaired) electrons. The van der Waals surface area contributed by atoms with Gasteiger partial charge in [-0.05, 0) is 342 Å². The lowest BCUT2D eigenvalue weighted by molar-refractivity contribution is 0.113. The van der Waals surface area contributed by atoms with Gasteiger partial charge in [-0.25, -0.2) is 0 Å². The summed E-state index contributed by atoms with van der Waals surface area (Å²) in [6.07, 6.45) is 14.4. The van der Waals surface area contributed by atoms with Gasteiger partial charge in [0.15, 0.2) is 0 Å². The summed E-state index contributed by atoms with van der Waals surface area (Å²) in [5, 5.41) is 13.4. The summed E-state index contributed by atoms with van der Waals surface area (Å²) in [5.41, 5.74) is 20.7. The van der Waals surface area contributed by atoms with Gasteiger partial charge in [0, 0.05) is 93.3 Å². The SMILES string of the molecule is C=Cc1ccc(OCCCCOCc2ccc(-n3c4ccc(cc4)c4ccc(cc4)c4ccc(cc4)c4ccc(cc4)n(-c4ccc(COCCCCOc5ccc(C=C)cc5)cc4)c4cccc(c4)n(-c4ccc(COCCCCOc5ccc(C=C)cc5)cc4)c4ccc(cc4)c4ccc(cc4)c4ccc(cc4)c4ccc(cc4)n(-c4ccc(COCCCCOc5ccc(C=C)cc5)cc4)c4cccc3c4)cc2)cc1. The van der Waals surface area contributed by atoms with Crippen molar-refractivity contribution in [3.63, 3.8) is 0 Å². The first-order valence-corrected chi connectivity index (χ1v) is 51.5. The highest BCUT2D eigenvalue weighted by Crippen LogP contribution is 2.32. The maximum atomic E-state index is 6.32. The Hall–Kier alpha value is -16.8. The van der Waals surface area contributed by atoms with E-state index in [0.717, 1.165) is 250 Å². The summed E-state index contributed by atoms with van der Waals surface area (Å²) >= 11 is 0. The third-order valence-corrected chi connectivity index (χ3v) is 26.9. The lowest BCUT2D eigenvalue weighted by atomic mass is 10.1. The van der Waals surface area contributed by atoms with Crippen molar-refractivity contribution in [1.82, 2.24) is 18.3 Å². The summed E-state index contributed by atoms with van der Waals surface area (Å²) in [7, 11) is 0. The van der Waals surface area contributed by atoms with Crippen molar-refractivity contribution < 1.29 is 37.9 Å². The molecule has 12 nitrogen and oxygen atoms in total. The summed E-state index contributed by atoms with van der Waals surface area (Å²) in [6, 6.07) is 157. The van der Waals surface area contributed by atoms with Crippen molar-refractivity contribution in [1.29, 1.82) is 0 Å². The first-order valence-electron chi connectivity index (χ1n) is 51.5. The zero-order valence-electron chi connectivity index (χ0n) is 83.9. The molecule has 0 aliphatic carbocycles. The molecule has 31 aromatic rings. The van der Waals surface area contributed by atoms with E-state index in [1.54, 1.807) is 0 Å². The summed E-state index contributed by atoms with van der Waals surface area (Å²) in [5.74, 6) is 3.43. The third kappa shape index (κ3) is 26.5. The summed E-state index contributed by atoms with van der Waals surface area (Å²) < 4.78 is 58.8. The molecule has 0 unspecified atom stereocenters. The zero-order valence-corrected chi connectivity index (χ0v) is 83.9. The number of ether oxygens (including phenoxy) is 8. The highest BCUT2D eigenvalue weighted by molar-refractivity contribution is 5.95. The first kappa shape index (κ1) is 99.9. The summed E-state index contributed by atoms with van der Waals surface area (Å²) in [4.78, 5) is 0. The molecule has 18 aromatic carbocycles. The number of unbranched alkanes of at least 4 members (excludes halogenated alkanes) is 4. The van der Waals surface area contributed by atoms with Crippen LogP contribution in [0.2, 0.25) is 0 Å². The van der Waals surface area contributed by atoms with Gasteiger partial charge in [-0.1, -0.05) is 305 Å². The van der Waals surface area contributed by atoms with Gasteiger partial charge in [-0.2, -0.15) is 0 Å². The Morgan fingerprint density at radius 2 is 0.324 bits per heavy atom. The maximum Gasteiger partial charge on any atom is 0.119 e. The molecule has 13 heterocycles. The average molecular weight is 1940 g/mol. The monoisotopic (exact) mass is 1940 g/mol. The molecule has 13 aromatic heterocycles. The van der Waals surface area contributed by atoms with Gasteiger partial charge in [0.25, 0.3) is 0 Å². The second-order valence-corrected chi connectivity index (χ2v) is 37.1. The molecular weight excluding hydrogens is 1820 g/mol. The molecule has 0 spiro atoms. The highest BCUT2D eigenvalue weighted by atomic mass is 16.5. The largest absolute Gasteiger partial charge is 0.494 e. The molecule has 0 saturated carbocycles. The molecule has 0 aliphatic rings. The molecule has 0 amide bonds. The minimum absolute atomic E-state index is 0.493. The molecule has 0 fully saturated rings. The molecule has 31 rings (SSSR count). The topological polar surface area (TPSA) is 93.6 Å². The summed E-state index contributed by atoms with van der Waals surface area (Å²) in [6.45, 7) is 22.5. The van der Waals surface area contributed by atoms with Crippen LogP contribution in [0.15, 0.2) is 463 Å². The molecule has 736 valence electrons. The fourth-order valence-corrected chi connectivity index (χ4v) is 18.5. The van der Waals surface area contributed by atoms with Crippen LogP contribution in [0, 0.1) is 0 Å². The van der Waals surface area contributed by atoms with Crippen LogP contribution < -0.4 is 18.9 Å². The second kappa shape index (κ2) is 50.6. The molecule has 0 saturated heterocycles. The van der Waals surface area contributed by atoms with E-state index in [1.165, 1.54) is 0 Å².